The lowest BCUT2D eigenvalue weighted by atomic mass is 10.1. The van der Waals surface area contributed by atoms with E-state index in [1.54, 1.807) is 11.3 Å². The predicted octanol–water partition coefficient (Wildman–Crippen LogP) is 4.30. The molecule has 1 atom stereocenters. The van der Waals surface area contributed by atoms with E-state index in [0.717, 1.165) is 23.1 Å². The molecule has 2 nitrogen and oxygen atoms in total. The second-order valence-electron chi connectivity index (χ2n) is 4.72. The second kappa shape index (κ2) is 5.65. The van der Waals surface area contributed by atoms with Gasteiger partial charge in [0, 0.05) is 20.8 Å². The number of benzene rings is 1. The standard InChI is InChI=1S/C15H16BrNOS/c1-17-14-6-5-13-12(14)3-2-4-15(13)18-8-11-7-10(16)9-19-11/h2-4,7,9,14,17H,5-6,8H2,1H3. The quantitative estimate of drug-likeness (QED) is 0.898. The van der Waals surface area contributed by atoms with Gasteiger partial charge in [0.05, 0.1) is 0 Å². The Morgan fingerprint density at radius 2 is 2.37 bits per heavy atom. The zero-order valence-corrected chi connectivity index (χ0v) is 13.2. The van der Waals surface area contributed by atoms with Crippen LogP contribution < -0.4 is 10.1 Å². The second-order valence-corrected chi connectivity index (χ2v) is 6.64. The van der Waals surface area contributed by atoms with Gasteiger partial charge >= 0.3 is 0 Å². The van der Waals surface area contributed by atoms with E-state index < -0.39 is 0 Å². The van der Waals surface area contributed by atoms with Gasteiger partial charge < -0.3 is 10.1 Å². The lowest BCUT2D eigenvalue weighted by Gasteiger charge is -2.12. The van der Waals surface area contributed by atoms with Gasteiger partial charge in [-0.2, -0.15) is 0 Å². The molecule has 1 N–H and O–H groups in total. The van der Waals surface area contributed by atoms with Gasteiger partial charge in [-0.1, -0.05) is 12.1 Å². The fraction of sp³-hybridized carbons (Fsp3) is 0.333. The lowest BCUT2D eigenvalue weighted by molar-refractivity contribution is 0.307. The molecular formula is C15H16BrNOS. The van der Waals surface area contributed by atoms with Gasteiger partial charge in [-0.25, -0.2) is 0 Å². The Morgan fingerprint density at radius 1 is 1.47 bits per heavy atom. The van der Waals surface area contributed by atoms with Crippen molar-refractivity contribution in [1.29, 1.82) is 0 Å². The Kier molecular flexibility index (Phi) is 3.91. The van der Waals surface area contributed by atoms with E-state index in [1.165, 1.54) is 16.0 Å². The predicted molar refractivity (Wildman–Crippen MR) is 82.9 cm³/mol. The summed E-state index contributed by atoms with van der Waals surface area (Å²) in [6, 6.07) is 8.98. The molecule has 1 aromatic heterocycles. The van der Waals surface area contributed by atoms with Gasteiger partial charge in [-0.05, 0) is 59.1 Å². The van der Waals surface area contributed by atoms with E-state index in [1.807, 2.05) is 7.05 Å². The average molecular weight is 338 g/mol. The van der Waals surface area contributed by atoms with Crippen LogP contribution in [0.25, 0.3) is 0 Å². The molecule has 4 heteroatoms. The maximum atomic E-state index is 6.00. The first-order valence-electron chi connectivity index (χ1n) is 6.42. The van der Waals surface area contributed by atoms with Gasteiger partial charge in [0.2, 0.25) is 0 Å². The number of ether oxygens (including phenoxy) is 1. The smallest absolute Gasteiger partial charge is 0.123 e. The van der Waals surface area contributed by atoms with Crippen molar-refractivity contribution in [3.05, 3.63) is 50.1 Å². The first-order chi connectivity index (χ1) is 9.28. The van der Waals surface area contributed by atoms with E-state index in [4.69, 9.17) is 4.74 Å². The van der Waals surface area contributed by atoms with E-state index in [-0.39, 0.29) is 0 Å². The van der Waals surface area contributed by atoms with Gasteiger partial charge in [0.15, 0.2) is 0 Å². The minimum atomic E-state index is 0.481. The van der Waals surface area contributed by atoms with Crippen LogP contribution in [0, 0.1) is 0 Å². The summed E-state index contributed by atoms with van der Waals surface area (Å²) in [4.78, 5) is 1.24. The van der Waals surface area contributed by atoms with E-state index in [9.17, 15) is 0 Å². The van der Waals surface area contributed by atoms with Gasteiger partial charge in [0.1, 0.15) is 12.4 Å². The van der Waals surface area contributed by atoms with Crippen LogP contribution in [-0.2, 0) is 13.0 Å². The van der Waals surface area contributed by atoms with E-state index in [2.05, 4.69) is 50.9 Å². The molecule has 3 rings (SSSR count). The summed E-state index contributed by atoms with van der Waals surface area (Å²) in [5.74, 6) is 1.04. The number of nitrogens with one attached hydrogen (secondary N) is 1. The van der Waals surface area contributed by atoms with Crippen LogP contribution in [0.4, 0.5) is 0 Å². The Morgan fingerprint density at radius 3 is 3.11 bits per heavy atom. The van der Waals surface area contributed by atoms with Crippen molar-refractivity contribution in [2.75, 3.05) is 7.05 Å². The molecule has 0 saturated heterocycles. The largest absolute Gasteiger partial charge is 0.488 e. The monoisotopic (exact) mass is 337 g/mol. The SMILES string of the molecule is CNC1CCc2c(OCc3cc(Br)cs3)cccc21. The minimum Gasteiger partial charge on any atom is -0.488 e. The number of hydrogen-bond donors (Lipinski definition) is 1. The maximum absolute atomic E-state index is 6.00. The molecule has 1 aliphatic carbocycles. The van der Waals surface area contributed by atoms with Crippen molar-refractivity contribution in [1.82, 2.24) is 5.32 Å². The molecule has 19 heavy (non-hydrogen) atoms. The fourth-order valence-corrected chi connectivity index (χ4v) is 4.00. The van der Waals surface area contributed by atoms with E-state index >= 15 is 0 Å². The van der Waals surface area contributed by atoms with Crippen molar-refractivity contribution >= 4 is 27.3 Å². The molecule has 2 aromatic rings. The molecule has 0 aliphatic heterocycles. The Bertz CT molecular complexity index is 581. The maximum Gasteiger partial charge on any atom is 0.123 e. The molecular weight excluding hydrogens is 322 g/mol. The van der Waals surface area contributed by atoms with Crippen LogP contribution in [0.1, 0.15) is 28.5 Å². The highest BCUT2D eigenvalue weighted by molar-refractivity contribution is 9.10. The highest BCUT2D eigenvalue weighted by atomic mass is 79.9. The Labute approximate surface area is 125 Å². The van der Waals surface area contributed by atoms with Crippen molar-refractivity contribution < 1.29 is 4.74 Å². The normalized spacial score (nSPS) is 17.5. The molecule has 1 unspecified atom stereocenters. The molecule has 0 radical (unpaired) electrons. The van der Waals surface area contributed by atoms with Crippen molar-refractivity contribution in [3.63, 3.8) is 0 Å². The lowest BCUT2D eigenvalue weighted by Crippen LogP contribution is -2.12. The fourth-order valence-electron chi connectivity index (χ4n) is 2.63. The zero-order valence-electron chi connectivity index (χ0n) is 10.8. The highest BCUT2D eigenvalue weighted by Gasteiger charge is 2.23. The van der Waals surface area contributed by atoms with Crippen LogP contribution in [0.2, 0.25) is 0 Å². The van der Waals surface area contributed by atoms with Crippen LogP contribution in [0.15, 0.2) is 34.1 Å². The molecule has 1 heterocycles. The Balaban J connectivity index is 1.77. The summed E-state index contributed by atoms with van der Waals surface area (Å²) >= 11 is 5.19. The molecule has 1 aromatic carbocycles. The topological polar surface area (TPSA) is 21.3 Å². The van der Waals surface area contributed by atoms with Gasteiger partial charge in [-0.3, -0.25) is 0 Å². The number of thiophene rings is 1. The number of fused-ring (bicyclic) bond motifs is 1. The zero-order chi connectivity index (χ0) is 13.2. The number of hydrogen-bond acceptors (Lipinski definition) is 3. The van der Waals surface area contributed by atoms with Crippen molar-refractivity contribution in [3.8, 4) is 5.75 Å². The highest BCUT2D eigenvalue weighted by Crippen LogP contribution is 2.37. The molecule has 0 saturated carbocycles. The molecule has 0 spiro atoms. The molecule has 0 bridgehead atoms. The number of rotatable bonds is 4. The van der Waals surface area contributed by atoms with Crippen LogP contribution in [-0.4, -0.2) is 7.05 Å². The molecule has 0 fully saturated rings. The van der Waals surface area contributed by atoms with E-state index in [0.29, 0.717) is 12.6 Å². The third-order valence-corrected chi connectivity index (χ3v) is 5.24. The summed E-state index contributed by atoms with van der Waals surface area (Å²) in [5, 5.41) is 5.45. The minimum absolute atomic E-state index is 0.481. The molecule has 1 aliphatic rings. The summed E-state index contributed by atoms with van der Waals surface area (Å²) in [5.41, 5.74) is 2.77. The first kappa shape index (κ1) is 13.2. The summed E-state index contributed by atoms with van der Waals surface area (Å²) in [6.45, 7) is 0.650. The molecule has 0 amide bonds. The van der Waals surface area contributed by atoms with Gasteiger partial charge in [0.25, 0.3) is 0 Å². The third-order valence-electron chi connectivity index (χ3n) is 3.57. The third kappa shape index (κ3) is 2.71. The van der Waals surface area contributed by atoms with Crippen LogP contribution >= 0.6 is 27.3 Å². The first-order valence-corrected chi connectivity index (χ1v) is 8.10. The van der Waals surface area contributed by atoms with Crippen LogP contribution in [0.5, 0.6) is 5.75 Å². The van der Waals surface area contributed by atoms with Crippen LogP contribution in [0.3, 0.4) is 0 Å². The average Bonchev–Trinajstić information content (AvgIpc) is 3.02. The summed E-state index contributed by atoms with van der Waals surface area (Å²) in [7, 11) is 2.02. The number of halogens is 1. The summed E-state index contributed by atoms with van der Waals surface area (Å²) < 4.78 is 7.13. The molecule has 100 valence electrons. The summed E-state index contributed by atoms with van der Waals surface area (Å²) in [6.07, 6.45) is 2.27. The Hall–Kier alpha value is -0.840. The van der Waals surface area contributed by atoms with Crippen molar-refractivity contribution in [2.24, 2.45) is 0 Å². The van der Waals surface area contributed by atoms with Crippen molar-refractivity contribution in [2.45, 2.75) is 25.5 Å². The van der Waals surface area contributed by atoms with Gasteiger partial charge in [-0.15, -0.1) is 11.3 Å².